The summed E-state index contributed by atoms with van der Waals surface area (Å²) < 4.78 is 0. The fraction of sp³-hybridized carbons (Fsp3) is 0.364. The van der Waals surface area contributed by atoms with Gasteiger partial charge in [-0.15, -0.1) is 0 Å². The minimum Gasteiger partial charge on any atom is -0.0811 e. The van der Waals surface area contributed by atoms with E-state index >= 15 is 0 Å². The first-order chi connectivity index (χ1) is 21.8. The maximum atomic E-state index is 2.77. The summed E-state index contributed by atoms with van der Waals surface area (Å²) in [5, 5.41) is 5.45. The van der Waals surface area contributed by atoms with Crippen molar-refractivity contribution >= 4 is 40.8 Å². The lowest BCUT2D eigenvalue weighted by Crippen LogP contribution is -2.48. The minimum atomic E-state index is -1.83. The summed E-state index contributed by atoms with van der Waals surface area (Å²) in [6.45, 7) is 15.5. The average Bonchev–Trinajstić information content (AvgIpc) is 3.07. The zero-order chi connectivity index (χ0) is 31.6. The number of allylic oxidation sites excluding steroid dienone is 8. The molecule has 6 atom stereocenters. The standard InChI is InChI=1S/C44H52Si/c1-7-31(3)43(37-23-13-21-35(29-37)41-27-15-19-33-17-9-11-25-39(33)41)45(5,6)44(32(4)8-2)38-24-14-22-36(30-38)42-28-16-20-34-18-10-12-26-40(34)42/h9-28,31-32,37-38,43-44H,7-8,29-30H2,1-6H3/t31-,32?,37?,38?,43-,44?/m1/s1. The molecule has 0 saturated heterocycles. The van der Waals surface area contributed by atoms with Gasteiger partial charge in [0.05, 0.1) is 8.07 Å². The Kier molecular flexibility index (Phi) is 9.48. The second-order valence-corrected chi connectivity index (χ2v) is 19.6. The first kappa shape index (κ1) is 31.6. The lowest BCUT2D eigenvalue weighted by Gasteiger charge is -2.50. The van der Waals surface area contributed by atoms with Crippen LogP contribution in [0.3, 0.4) is 0 Å². The van der Waals surface area contributed by atoms with Gasteiger partial charge in [-0.05, 0) is 91.4 Å². The Morgan fingerprint density at radius 1 is 0.578 bits per heavy atom. The van der Waals surface area contributed by atoms with Gasteiger partial charge in [0.15, 0.2) is 0 Å². The van der Waals surface area contributed by atoms with E-state index in [1.807, 2.05) is 0 Å². The zero-order valence-electron chi connectivity index (χ0n) is 28.3. The zero-order valence-corrected chi connectivity index (χ0v) is 29.3. The van der Waals surface area contributed by atoms with E-state index in [1.54, 1.807) is 0 Å². The topological polar surface area (TPSA) is 0 Å². The molecule has 4 unspecified atom stereocenters. The maximum Gasteiger partial charge on any atom is 0.0553 e. The molecule has 0 spiro atoms. The van der Waals surface area contributed by atoms with Crippen molar-refractivity contribution in [2.45, 2.75) is 77.6 Å². The predicted octanol–water partition coefficient (Wildman–Crippen LogP) is 13.2. The highest BCUT2D eigenvalue weighted by Crippen LogP contribution is 2.55. The van der Waals surface area contributed by atoms with Crippen molar-refractivity contribution in [1.29, 1.82) is 0 Å². The lowest BCUT2D eigenvalue weighted by atomic mass is 9.81. The third kappa shape index (κ3) is 6.21. The molecule has 0 nitrogen and oxygen atoms in total. The monoisotopic (exact) mass is 608 g/mol. The van der Waals surface area contributed by atoms with Crippen molar-refractivity contribution in [2.24, 2.45) is 23.7 Å². The second-order valence-electron chi connectivity index (χ2n) is 14.6. The number of hydrogen-bond donors (Lipinski definition) is 0. The van der Waals surface area contributed by atoms with Crippen LogP contribution in [0.2, 0.25) is 24.2 Å². The average molecular weight is 609 g/mol. The van der Waals surface area contributed by atoms with E-state index in [0.717, 1.165) is 23.9 Å². The molecule has 4 aromatic carbocycles. The van der Waals surface area contributed by atoms with Crippen LogP contribution >= 0.6 is 0 Å². The molecule has 0 N–H and O–H groups in total. The van der Waals surface area contributed by atoms with Gasteiger partial charge in [0, 0.05) is 0 Å². The van der Waals surface area contributed by atoms with E-state index in [2.05, 4.69) is 162 Å². The van der Waals surface area contributed by atoms with Crippen molar-refractivity contribution in [3.8, 4) is 0 Å². The third-order valence-corrected chi connectivity index (χ3v) is 17.1. The van der Waals surface area contributed by atoms with Crippen LogP contribution in [0.25, 0.3) is 32.7 Å². The molecule has 45 heavy (non-hydrogen) atoms. The molecule has 0 radical (unpaired) electrons. The Labute approximate surface area is 273 Å². The van der Waals surface area contributed by atoms with Crippen LogP contribution in [-0.4, -0.2) is 8.07 Å². The van der Waals surface area contributed by atoms with Crippen LogP contribution in [0.1, 0.15) is 64.5 Å². The second kappa shape index (κ2) is 13.5. The fourth-order valence-electron chi connectivity index (χ4n) is 9.46. The van der Waals surface area contributed by atoms with Gasteiger partial charge in [0.25, 0.3) is 0 Å². The summed E-state index contributed by atoms with van der Waals surface area (Å²) in [5.74, 6) is 2.54. The molecule has 0 aliphatic heterocycles. The highest BCUT2D eigenvalue weighted by molar-refractivity contribution is 6.80. The number of fused-ring (bicyclic) bond motifs is 2. The number of benzene rings is 4. The van der Waals surface area contributed by atoms with E-state index in [0.29, 0.717) is 23.7 Å². The summed E-state index contributed by atoms with van der Waals surface area (Å²) >= 11 is 0. The number of hydrogen-bond acceptors (Lipinski definition) is 0. The fourth-order valence-corrected chi connectivity index (χ4v) is 16.0. The summed E-state index contributed by atoms with van der Waals surface area (Å²) in [5.41, 5.74) is 7.30. The molecule has 0 saturated carbocycles. The molecule has 2 aliphatic rings. The van der Waals surface area contributed by atoms with Crippen molar-refractivity contribution < 1.29 is 0 Å². The van der Waals surface area contributed by atoms with Crippen LogP contribution < -0.4 is 0 Å². The van der Waals surface area contributed by atoms with Crippen molar-refractivity contribution in [3.05, 3.63) is 133 Å². The minimum absolute atomic E-state index is 0.577. The Morgan fingerprint density at radius 2 is 0.978 bits per heavy atom. The van der Waals surface area contributed by atoms with Gasteiger partial charge in [0.1, 0.15) is 0 Å². The molecule has 6 rings (SSSR count). The first-order valence-electron chi connectivity index (χ1n) is 17.5. The predicted molar refractivity (Wildman–Crippen MR) is 202 cm³/mol. The van der Waals surface area contributed by atoms with Crippen LogP contribution in [0, 0.1) is 23.7 Å². The van der Waals surface area contributed by atoms with Gasteiger partial charge in [-0.25, -0.2) is 0 Å². The molecule has 2 aliphatic carbocycles. The van der Waals surface area contributed by atoms with Crippen LogP contribution in [-0.2, 0) is 0 Å². The quantitative estimate of drug-likeness (QED) is 0.157. The van der Waals surface area contributed by atoms with E-state index in [1.165, 1.54) is 56.7 Å². The summed E-state index contributed by atoms with van der Waals surface area (Å²) in [7, 11) is -1.83. The van der Waals surface area contributed by atoms with Gasteiger partial charge < -0.3 is 0 Å². The van der Waals surface area contributed by atoms with Gasteiger partial charge in [-0.1, -0.05) is 175 Å². The molecule has 0 aromatic heterocycles. The van der Waals surface area contributed by atoms with Crippen molar-refractivity contribution in [3.63, 3.8) is 0 Å². The van der Waals surface area contributed by atoms with Gasteiger partial charge in [-0.3, -0.25) is 0 Å². The summed E-state index contributed by atoms with van der Waals surface area (Å²) in [6, 6.07) is 31.5. The molecular formula is C44H52Si. The normalized spacial score (nSPS) is 21.3. The largest absolute Gasteiger partial charge is 0.0811 e. The Balaban J connectivity index is 1.34. The first-order valence-corrected chi connectivity index (χ1v) is 20.7. The molecule has 0 amide bonds. The molecule has 232 valence electrons. The number of rotatable bonds is 10. The third-order valence-electron chi connectivity index (χ3n) is 11.6. The Morgan fingerprint density at radius 3 is 1.40 bits per heavy atom. The Bertz CT molecular complexity index is 1620. The van der Waals surface area contributed by atoms with Crippen LogP contribution in [0.4, 0.5) is 0 Å². The Hall–Kier alpha value is -3.42. The van der Waals surface area contributed by atoms with Crippen molar-refractivity contribution in [2.75, 3.05) is 0 Å². The molecule has 0 heterocycles. The van der Waals surface area contributed by atoms with E-state index in [4.69, 9.17) is 0 Å². The highest BCUT2D eigenvalue weighted by atomic mass is 28.3. The van der Waals surface area contributed by atoms with Crippen LogP contribution in [0.5, 0.6) is 0 Å². The molecular weight excluding hydrogens is 557 g/mol. The van der Waals surface area contributed by atoms with Gasteiger partial charge in [0.2, 0.25) is 0 Å². The lowest BCUT2D eigenvalue weighted by molar-refractivity contribution is 0.377. The smallest absolute Gasteiger partial charge is 0.0553 e. The summed E-state index contributed by atoms with van der Waals surface area (Å²) in [4.78, 5) is 0. The van der Waals surface area contributed by atoms with Gasteiger partial charge >= 0.3 is 0 Å². The van der Waals surface area contributed by atoms with Gasteiger partial charge in [-0.2, -0.15) is 0 Å². The summed E-state index contributed by atoms with van der Waals surface area (Å²) in [6.07, 6.45) is 19.5. The van der Waals surface area contributed by atoms with Crippen LogP contribution in [0.15, 0.2) is 121 Å². The van der Waals surface area contributed by atoms with E-state index in [-0.39, 0.29) is 0 Å². The molecule has 0 bridgehead atoms. The maximum absolute atomic E-state index is 2.77. The molecule has 0 fully saturated rings. The SMILES string of the molecule is CCC(C)C(C1C=CC=C(c2cccc3ccccc23)C1)[Si](C)(C)[C@@H](C1C=CC=C(c2cccc3ccccc23)C1)[C@H](C)CC. The van der Waals surface area contributed by atoms with E-state index < -0.39 is 8.07 Å². The highest BCUT2D eigenvalue weighted by Gasteiger charge is 2.48. The molecule has 1 heteroatoms. The molecule has 4 aromatic rings. The van der Waals surface area contributed by atoms with E-state index in [9.17, 15) is 0 Å². The van der Waals surface area contributed by atoms with Crippen molar-refractivity contribution in [1.82, 2.24) is 0 Å².